The van der Waals surface area contributed by atoms with E-state index in [4.69, 9.17) is 38.5 Å². The largest absolute Gasteiger partial charge is 0.494 e. The Labute approximate surface area is 397 Å². The number of benzene rings is 3. The van der Waals surface area contributed by atoms with Gasteiger partial charge in [-0.1, -0.05) is 49.8 Å². The normalized spacial score (nSPS) is 18.7. The van der Waals surface area contributed by atoms with Crippen molar-refractivity contribution >= 4 is 62.7 Å². The zero-order chi connectivity index (χ0) is 47.5. The number of unbranched alkanes of at least 4 members (excludes halogenated alkanes) is 4. The highest BCUT2D eigenvalue weighted by Gasteiger charge is 2.34. The van der Waals surface area contributed by atoms with Gasteiger partial charge in [-0.25, -0.2) is 14.8 Å². The fourth-order valence-electron chi connectivity index (χ4n) is 8.31. The van der Waals surface area contributed by atoms with E-state index in [1.54, 1.807) is 60.0 Å². The molecular weight excluding hydrogens is 875 g/mol. The minimum atomic E-state index is -0.418. The molecule has 0 N–H and O–H groups in total. The molecular formula is C52H63N3O11S. The number of carbonyl (C=O) groups is 5. The molecule has 0 saturated heterocycles. The van der Waals surface area contributed by atoms with E-state index in [-0.39, 0.29) is 47.2 Å². The van der Waals surface area contributed by atoms with Crippen molar-refractivity contribution in [3.63, 3.8) is 0 Å². The first kappa shape index (κ1) is 50.3. The Morgan fingerprint density at radius 2 is 1.30 bits per heavy atom. The molecule has 6 rings (SSSR count). The molecule has 1 aromatic heterocycles. The van der Waals surface area contributed by atoms with Crippen LogP contribution in [0.3, 0.4) is 0 Å². The summed E-state index contributed by atoms with van der Waals surface area (Å²) in [6.45, 7) is 8.56. The number of anilines is 1. The molecule has 2 saturated carbocycles. The number of fused-ring (bicyclic) bond motifs is 1. The van der Waals surface area contributed by atoms with E-state index in [1.165, 1.54) is 7.11 Å². The summed E-state index contributed by atoms with van der Waals surface area (Å²) in [6, 6.07) is 19.8. The van der Waals surface area contributed by atoms with Gasteiger partial charge < -0.3 is 28.4 Å². The summed E-state index contributed by atoms with van der Waals surface area (Å²) in [6.07, 6.45) is 13.1. The molecule has 1 heterocycles. The van der Waals surface area contributed by atoms with E-state index in [0.717, 1.165) is 66.4 Å². The van der Waals surface area contributed by atoms with Gasteiger partial charge in [0.05, 0.1) is 66.5 Å². The fraction of sp³-hybridized carbons (Fsp3) is 0.481. The first-order valence-electron chi connectivity index (χ1n) is 23.6. The third-order valence-corrected chi connectivity index (χ3v) is 13.4. The number of aromatic nitrogens is 1. The zero-order valence-corrected chi connectivity index (χ0v) is 39.7. The summed E-state index contributed by atoms with van der Waals surface area (Å²) in [4.78, 5) is 68.5. The number of rotatable bonds is 23. The smallest absolute Gasteiger partial charge is 0.330 e. The summed E-state index contributed by atoms with van der Waals surface area (Å²) in [5.74, 6) is -1.56. The first-order valence-corrected chi connectivity index (χ1v) is 24.4. The van der Waals surface area contributed by atoms with Gasteiger partial charge in [-0.15, -0.1) is 0 Å². The predicted octanol–water partition coefficient (Wildman–Crippen LogP) is 10.6. The number of thiazole rings is 1. The van der Waals surface area contributed by atoms with E-state index in [2.05, 4.69) is 20.4 Å². The summed E-state index contributed by atoms with van der Waals surface area (Å²) >= 11 is 1.54. The van der Waals surface area contributed by atoms with Crippen LogP contribution in [0.25, 0.3) is 10.2 Å². The lowest BCUT2D eigenvalue weighted by Gasteiger charge is -2.26. The molecule has 1 atom stereocenters. The van der Waals surface area contributed by atoms with Crippen LogP contribution >= 0.6 is 11.3 Å². The highest BCUT2D eigenvalue weighted by atomic mass is 32.1. The van der Waals surface area contributed by atoms with E-state index >= 15 is 0 Å². The number of hydrogen-bond donors (Lipinski definition) is 0. The monoisotopic (exact) mass is 937 g/mol. The van der Waals surface area contributed by atoms with Gasteiger partial charge in [-0.05, 0) is 145 Å². The van der Waals surface area contributed by atoms with Gasteiger partial charge >= 0.3 is 29.8 Å². The molecule has 0 radical (unpaired) electrons. The van der Waals surface area contributed by atoms with Crippen LogP contribution in [-0.2, 0) is 33.4 Å². The Balaban J connectivity index is 1.05. The van der Waals surface area contributed by atoms with Crippen molar-refractivity contribution < 1.29 is 52.4 Å². The second-order valence-corrected chi connectivity index (χ2v) is 18.2. The number of hydrazone groups is 1. The average Bonchev–Trinajstić information content (AvgIpc) is 3.79. The fourth-order valence-corrected chi connectivity index (χ4v) is 9.34. The molecule has 67 heavy (non-hydrogen) atoms. The number of nitrogens with zero attached hydrogens (tertiary/aromatic N) is 3. The minimum Gasteiger partial charge on any atom is -0.494 e. The third kappa shape index (κ3) is 15.0. The van der Waals surface area contributed by atoms with Crippen LogP contribution in [-0.4, -0.2) is 67.4 Å². The van der Waals surface area contributed by atoms with Crippen molar-refractivity contribution in [2.75, 3.05) is 25.3 Å². The Morgan fingerprint density at radius 1 is 0.731 bits per heavy atom. The average molecular weight is 938 g/mol. The molecule has 2 fully saturated rings. The molecule has 1 unspecified atom stereocenters. The van der Waals surface area contributed by atoms with Crippen molar-refractivity contribution in [3.8, 4) is 23.0 Å². The third-order valence-electron chi connectivity index (χ3n) is 12.4. The van der Waals surface area contributed by atoms with Gasteiger partial charge in [-0.2, -0.15) is 5.10 Å². The number of ether oxygens (including phenoxy) is 6. The van der Waals surface area contributed by atoms with E-state index in [9.17, 15) is 24.0 Å². The Morgan fingerprint density at radius 3 is 1.91 bits per heavy atom. The second kappa shape index (κ2) is 25.7. The van der Waals surface area contributed by atoms with E-state index in [0.29, 0.717) is 81.6 Å². The summed E-state index contributed by atoms with van der Waals surface area (Å²) in [5, 5.41) is 7.57. The lowest BCUT2D eigenvalue weighted by Crippen LogP contribution is -2.30. The number of para-hydroxylation sites is 1. The van der Waals surface area contributed by atoms with Crippen LogP contribution in [0.4, 0.5) is 5.13 Å². The van der Waals surface area contributed by atoms with Gasteiger partial charge in [0.1, 0.15) is 23.0 Å². The van der Waals surface area contributed by atoms with Gasteiger partial charge in [0.2, 0.25) is 5.13 Å². The molecule has 4 aromatic rings. The van der Waals surface area contributed by atoms with Crippen molar-refractivity contribution in [2.24, 2.45) is 28.8 Å². The summed E-state index contributed by atoms with van der Waals surface area (Å²) < 4.78 is 34.5. The molecule has 15 heteroatoms. The van der Waals surface area contributed by atoms with Gasteiger partial charge in [0.25, 0.3) is 0 Å². The SMILES string of the molecule is C=CC(=O)OCCCCCCOc1ccc(OC(=O)[C@H]2CC[C@H](C(=O)Oc3ccc(OC(=O)[C@H]4CC[C@H](C(=O)OC)CC4)c(/C=N/N(c4nc5ccccc5s4)C(C)CCCC)c3)CC2)cc1. The Hall–Kier alpha value is -6.09. The minimum absolute atomic E-state index is 0.00299. The molecule has 0 spiro atoms. The van der Waals surface area contributed by atoms with E-state index in [1.807, 2.05) is 29.3 Å². The topological polar surface area (TPSA) is 169 Å². The Bertz CT molecular complexity index is 2280. The van der Waals surface area contributed by atoms with Crippen molar-refractivity contribution in [2.45, 2.75) is 116 Å². The molecule has 2 aliphatic rings. The molecule has 14 nitrogen and oxygen atoms in total. The summed E-state index contributed by atoms with van der Waals surface area (Å²) in [5.41, 5.74) is 1.32. The number of carbonyl (C=O) groups excluding carboxylic acids is 5. The van der Waals surface area contributed by atoms with Crippen molar-refractivity contribution in [1.29, 1.82) is 0 Å². The quantitative estimate of drug-likeness (QED) is 0.0172. The Kier molecular flexibility index (Phi) is 19.3. The lowest BCUT2D eigenvalue weighted by molar-refractivity contribution is -0.149. The van der Waals surface area contributed by atoms with Gasteiger partial charge in [0, 0.05) is 11.6 Å². The second-order valence-electron chi connectivity index (χ2n) is 17.2. The van der Waals surface area contributed by atoms with Crippen molar-refractivity contribution in [1.82, 2.24) is 4.98 Å². The maximum absolute atomic E-state index is 13.6. The standard InChI is InChI=1S/C52H63N3O11S/c1-5-7-14-35(3)55(52-54-44-15-10-11-16-46(44)67-52)53-34-40-33-43(29-30-45(40)66-51(60)39-19-17-36(18-20-39)48(57)61-4)65-50(59)38-23-21-37(22-24-38)49(58)64-42-27-25-41(26-28-42)62-31-12-8-9-13-32-63-47(56)6-2/h6,10-11,15-16,25-30,33-39H,2,5,7-9,12-14,17-24,31-32H2,1,3-4H3/b53-34+/t35?,36-,37-,38-,39-. The van der Waals surface area contributed by atoms with Crippen LogP contribution < -0.4 is 24.0 Å². The van der Waals surface area contributed by atoms with Crippen LogP contribution in [0.1, 0.15) is 116 Å². The highest BCUT2D eigenvalue weighted by molar-refractivity contribution is 7.22. The van der Waals surface area contributed by atoms with Crippen LogP contribution in [0.2, 0.25) is 0 Å². The van der Waals surface area contributed by atoms with Crippen LogP contribution in [0.5, 0.6) is 23.0 Å². The molecule has 2 aliphatic carbocycles. The maximum Gasteiger partial charge on any atom is 0.330 e. The molecule has 358 valence electrons. The molecule has 0 amide bonds. The first-order chi connectivity index (χ1) is 32.5. The van der Waals surface area contributed by atoms with Gasteiger partial charge in [-0.3, -0.25) is 19.2 Å². The zero-order valence-electron chi connectivity index (χ0n) is 38.9. The van der Waals surface area contributed by atoms with Crippen LogP contribution in [0.15, 0.2) is 84.5 Å². The molecule has 3 aromatic carbocycles. The number of methoxy groups -OCH3 is 1. The van der Waals surface area contributed by atoms with E-state index < -0.39 is 23.8 Å². The lowest BCUT2D eigenvalue weighted by atomic mass is 9.82. The summed E-state index contributed by atoms with van der Waals surface area (Å²) in [7, 11) is 1.38. The molecule has 0 aliphatic heterocycles. The maximum atomic E-state index is 13.6. The number of esters is 5. The number of hydrogen-bond acceptors (Lipinski definition) is 15. The predicted molar refractivity (Wildman–Crippen MR) is 256 cm³/mol. The van der Waals surface area contributed by atoms with Gasteiger partial charge in [0.15, 0.2) is 0 Å². The van der Waals surface area contributed by atoms with Crippen molar-refractivity contribution in [3.05, 3.63) is 84.9 Å². The highest BCUT2D eigenvalue weighted by Crippen LogP contribution is 2.35. The molecule has 0 bridgehead atoms. The van der Waals surface area contributed by atoms with Crippen LogP contribution in [0, 0.1) is 23.7 Å².